The lowest BCUT2D eigenvalue weighted by Gasteiger charge is -2.35. The first-order valence-electron chi connectivity index (χ1n) is 8.51. The summed E-state index contributed by atoms with van der Waals surface area (Å²) >= 11 is 0. The largest absolute Gasteiger partial charge is 0.573 e. The minimum atomic E-state index is -4.75. The molecule has 0 saturated carbocycles. The van der Waals surface area contributed by atoms with E-state index < -0.39 is 18.2 Å². The summed E-state index contributed by atoms with van der Waals surface area (Å²) < 4.78 is 60.9. The normalized spacial score (nSPS) is 16.8. The van der Waals surface area contributed by atoms with Crippen molar-refractivity contribution in [3.63, 3.8) is 0 Å². The minimum absolute atomic E-state index is 0.305. The zero-order valence-electron chi connectivity index (χ0n) is 14.7. The molecule has 146 valence electrons. The van der Waals surface area contributed by atoms with Crippen molar-refractivity contribution in [2.24, 2.45) is 0 Å². The Hall–Kier alpha value is -2.32. The Bertz CT molecular complexity index is 759. The maximum Gasteiger partial charge on any atom is 0.573 e. The molecule has 1 N–H and O–H groups in total. The van der Waals surface area contributed by atoms with Crippen molar-refractivity contribution in [1.82, 2.24) is 10.2 Å². The van der Waals surface area contributed by atoms with Crippen LogP contribution >= 0.6 is 0 Å². The fourth-order valence-corrected chi connectivity index (χ4v) is 3.24. The summed E-state index contributed by atoms with van der Waals surface area (Å²) in [5, 5.41) is 3.24. The Labute approximate surface area is 154 Å². The van der Waals surface area contributed by atoms with Crippen molar-refractivity contribution < 1.29 is 27.0 Å². The summed E-state index contributed by atoms with van der Waals surface area (Å²) in [7, 11) is 1.46. The topological polar surface area (TPSA) is 33.7 Å². The predicted octanol–water partition coefficient (Wildman–Crippen LogP) is 3.73. The standard InChI is InChI=1S/C19H20F4N2O2/c1-26-15-6-7-16(17(20)12-15)18(25-10-8-24-9-11-25)13-2-4-14(5-3-13)27-19(21,22)23/h2-7,12,18,24H,8-11H2,1H3/t18-/m1/s1. The Morgan fingerprint density at radius 1 is 1.00 bits per heavy atom. The summed E-state index contributed by atoms with van der Waals surface area (Å²) in [6.07, 6.45) is -4.75. The van der Waals surface area contributed by atoms with Gasteiger partial charge < -0.3 is 14.8 Å². The first-order chi connectivity index (χ1) is 12.9. The Morgan fingerprint density at radius 3 is 2.19 bits per heavy atom. The van der Waals surface area contributed by atoms with Gasteiger partial charge in [-0.05, 0) is 23.8 Å². The molecule has 0 aliphatic carbocycles. The van der Waals surface area contributed by atoms with Crippen LogP contribution in [0.2, 0.25) is 0 Å². The van der Waals surface area contributed by atoms with E-state index in [9.17, 15) is 17.6 Å². The first kappa shape index (κ1) is 19.4. The van der Waals surface area contributed by atoms with Gasteiger partial charge in [0.25, 0.3) is 0 Å². The van der Waals surface area contributed by atoms with Crippen LogP contribution in [-0.2, 0) is 0 Å². The van der Waals surface area contributed by atoms with Gasteiger partial charge in [0, 0.05) is 37.8 Å². The molecule has 2 aromatic carbocycles. The molecule has 2 aromatic rings. The highest BCUT2D eigenvalue weighted by Crippen LogP contribution is 2.34. The van der Waals surface area contributed by atoms with Gasteiger partial charge in [-0.1, -0.05) is 18.2 Å². The summed E-state index contributed by atoms with van der Waals surface area (Å²) in [6, 6.07) is 9.80. The van der Waals surface area contributed by atoms with E-state index in [1.807, 2.05) is 0 Å². The van der Waals surface area contributed by atoms with Crippen LogP contribution in [0.3, 0.4) is 0 Å². The molecule has 1 heterocycles. The molecular weight excluding hydrogens is 364 g/mol. The number of nitrogens with zero attached hydrogens (tertiary/aromatic N) is 1. The van der Waals surface area contributed by atoms with Crippen LogP contribution in [0.1, 0.15) is 17.2 Å². The number of alkyl halides is 3. The molecule has 3 rings (SSSR count). The maximum atomic E-state index is 14.7. The molecule has 0 unspecified atom stereocenters. The second kappa shape index (κ2) is 8.14. The number of piperazine rings is 1. The Morgan fingerprint density at radius 2 is 1.63 bits per heavy atom. The molecule has 8 heteroatoms. The van der Waals surface area contributed by atoms with Crippen LogP contribution in [0.4, 0.5) is 17.6 Å². The van der Waals surface area contributed by atoms with Gasteiger partial charge in [0.1, 0.15) is 17.3 Å². The van der Waals surface area contributed by atoms with Crippen LogP contribution in [0, 0.1) is 5.82 Å². The lowest BCUT2D eigenvalue weighted by molar-refractivity contribution is -0.274. The smallest absolute Gasteiger partial charge is 0.497 e. The van der Waals surface area contributed by atoms with Gasteiger partial charge in [0.05, 0.1) is 13.2 Å². The summed E-state index contributed by atoms with van der Waals surface area (Å²) in [4.78, 5) is 2.10. The van der Waals surface area contributed by atoms with E-state index in [1.165, 1.54) is 37.4 Å². The Kier molecular flexibility index (Phi) is 5.86. The number of benzene rings is 2. The van der Waals surface area contributed by atoms with Crippen molar-refractivity contribution in [2.45, 2.75) is 12.4 Å². The average Bonchev–Trinajstić information content (AvgIpc) is 2.64. The molecule has 1 atom stereocenters. The van der Waals surface area contributed by atoms with Crippen LogP contribution in [-0.4, -0.2) is 44.6 Å². The van der Waals surface area contributed by atoms with E-state index in [0.717, 1.165) is 13.1 Å². The van der Waals surface area contributed by atoms with E-state index in [-0.39, 0.29) is 5.75 Å². The SMILES string of the molecule is COc1ccc([C@@H](c2ccc(OC(F)(F)F)cc2)N2CCNCC2)c(F)c1. The van der Waals surface area contributed by atoms with Gasteiger partial charge in [-0.2, -0.15) is 0 Å². The van der Waals surface area contributed by atoms with Gasteiger partial charge in [0.15, 0.2) is 0 Å². The quantitative estimate of drug-likeness (QED) is 0.797. The zero-order valence-corrected chi connectivity index (χ0v) is 14.7. The van der Waals surface area contributed by atoms with Gasteiger partial charge >= 0.3 is 6.36 Å². The first-order valence-corrected chi connectivity index (χ1v) is 8.51. The van der Waals surface area contributed by atoms with Crippen molar-refractivity contribution in [3.8, 4) is 11.5 Å². The van der Waals surface area contributed by atoms with Crippen molar-refractivity contribution in [3.05, 3.63) is 59.4 Å². The van der Waals surface area contributed by atoms with Crippen LogP contribution in [0.25, 0.3) is 0 Å². The third-order valence-corrected chi connectivity index (χ3v) is 4.45. The highest BCUT2D eigenvalue weighted by molar-refractivity contribution is 5.39. The molecule has 1 saturated heterocycles. The summed E-state index contributed by atoms with van der Waals surface area (Å²) in [6.45, 7) is 2.89. The highest BCUT2D eigenvalue weighted by atomic mass is 19.4. The average molecular weight is 384 g/mol. The molecule has 0 spiro atoms. The molecule has 0 radical (unpaired) electrons. The summed E-state index contributed by atoms with van der Waals surface area (Å²) in [5.41, 5.74) is 1.14. The highest BCUT2D eigenvalue weighted by Gasteiger charge is 2.31. The second-order valence-electron chi connectivity index (χ2n) is 6.19. The number of nitrogens with one attached hydrogen (secondary N) is 1. The number of rotatable bonds is 5. The summed E-state index contributed by atoms with van der Waals surface area (Å²) in [5.74, 6) is -0.321. The van der Waals surface area contributed by atoms with E-state index >= 15 is 0 Å². The molecule has 1 fully saturated rings. The molecule has 1 aliphatic rings. The number of halogens is 4. The van der Waals surface area contributed by atoms with Gasteiger partial charge in [0.2, 0.25) is 0 Å². The molecule has 0 amide bonds. The van der Waals surface area contributed by atoms with Crippen LogP contribution < -0.4 is 14.8 Å². The molecule has 4 nitrogen and oxygen atoms in total. The zero-order chi connectivity index (χ0) is 19.4. The number of hydrogen-bond acceptors (Lipinski definition) is 4. The second-order valence-corrected chi connectivity index (χ2v) is 6.19. The van der Waals surface area contributed by atoms with Gasteiger partial charge in [-0.15, -0.1) is 13.2 Å². The number of ether oxygens (including phenoxy) is 2. The van der Waals surface area contributed by atoms with E-state index in [0.29, 0.717) is 30.0 Å². The lowest BCUT2D eigenvalue weighted by atomic mass is 9.95. The molecule has 1 aliphatic heterocycles. The monoisotopic (exact) mass is 384 g/mol. The minimum Gasteiger partial charge on any atom is -0.497 e. The predicted molar refractivity (Wildman–Crippen MR) is 92.4 cm³/mol. The fraction of sp³-hybridized carbons (Fsp3) is 0.368. The third-order valence-electron chi connectivity index (χ3n) is 4.45. The van der Waals surface area contributed by atoms with Crippen molar-refractivity contribution in [1.29, 1.82) is 0 Å². The van der Waals surface area contributed by atoms with Gasteiger partial charge in [-0.3, -0.25) is 4.90 Å². The van der Waals surface area contributed by atoms with E-state index in [4.69, 9.17) is 4.74 Å². The third kappa shape index (κ3) is 4.90. The molecular formula is C19H20F4N2O2. The van der Waals surface area contributed by atoms with Gasteiger partial charge in [-0.25, -0.2) is 4.39 Å². The van der Waals surface area contributed by atoms with Crippen LogP contribution in [0.15, 0.2) is 42.5 Å². The number of methoxy groups -OCH3 is 1. The van der Waals surface area contributed by atoms with Crippen molar-refractivity contribution >= 4 is 0 Å². The van der Waals surface area contributed by atoms with Crippen molar-refractivity contribution in [2.75, 3.05) is 33.3 Å². The van der Waals surface area contributed by atoms with Crippen LogP contribution in [0.5, 0.6) is 11.5 Å². The van der Waals surface area contributed by atoms with E-state index in [1.54, 1.807) is 12.1 Å². The lowest BCUT2D eigenvalue weighted by Crippen LogP contribution is -2.45. The molecule has 0 bridgehead atoms. The Balaban J connectivity index is 1.95. The fourth-order valence-electron chi connectivity index (χ4n) is 3.24. The maximum absolute atomic E-state index is 14.7. The molecule has 0 aromatic heterocycles. The number of hydrogen-bond donors (Lipinski definition) is 1. The molecule has 27 heavy (non-hydrogen) atoms. The van der Waals surface area contributed by atoms with E-state index in [2.05, 4.69) is 15.0 Å².